The topological polar surface area (TPSA) is 140 Å². The minimum absolute atomic E-state index is 0.0186. The first kappa shape index (κ1) is 40.3. The fourth-order valence-corrected chi connectivity index (χ4v) is 8.67. The van der Waals surface area contributed by atoms with Gasteiger partial charge in [0.1, 0.15) is 40.3 Å². The van der Waals surface area contributed by atoms with Crippen LogP contribution < -0.4 is 9.47 Å². The van der Waals surface area contributed by atoms with Crippen LogP contribution in [0.4, 0.5) is 9.59 Å². The maximum Gasteiger partial charge on any atom is 0.410 e. The first-order valence-electron chi connectivity index (χ1n) is 17.6. The number of halogens is 4. The molecule has 0 radical (unpaired) electrons. The quantitative estimate of drug-likeness (QED) is 0.256. The van der Waals surface area contributed by atoms with Crippen LogP contribution in [0.1, 0.15) is 82.1 Å². The molecule has 7 rings (SSSR count). The predicted molar refractivity (Wildman–Crippen MR) is 208 cm³/mol. The zero-order valence-electron chi connectivity index (χ0n) is 30.8. The molecule has 0 aliphatic carbocycles. The number of nitrogens with one attached hydrogen (secondary N) is 1. The molecule has 16 heteroatoms. The van der Waals surface area contributed by atoms with E-state index in [1.807, 2.05) is 32.9 Å². The van der Waals surface area contributed by atoms with Gasteiger partial charge >= 0.3 is 12.2 Å². The average molecular weight is 913 g/mol. The Balaban J connectivity index is 0.000000184. The summed E-state index contributed by atoms with van der Waals surface area (Å²) in [6.45, 7) is 12.3. The summed E-state index contributed by atoms with van der Waals surface area (Å²) < 4.78 is 24.3. The molecule has 3 atom stereocenters. The van der Waals surface area contributed by atoms with E-state index < -0.39 is 29.3 Å². The van der Waals surface area contributed by atoms with Gasteiger partial charge in [0.2, 0.25) is 0 Å². The van der Waals surface area contributed by atoms with Crippen LogP contribution >= 0.6 is 55.1 Å². The van der Waals surface area contributed by atoms with Gasteiger partial charge in [-0.25, -0.2) is 9.59 Å². The van der Waals surface area contributed by atoms with Crippen molar-refractivity contribution < 1.29 is 38.1 Å². The molecule has 290 valence electrons. The number of piperidine rings is 1. The lowest BCUT2D eigenvalue weighted by Crippen LogP contribution is -2.50. The van der Waals surface area contributed by atoms with E-state index >= 15 is 0 Å². The lowest BCUT2D eigenvalue weighted by Gasteiger charge is -2.33. The second kappa shape index (κ2) is 15.7. The molecule has 0 bridgehead atoms. The number of likely N-dealkylation sites (tertiary alicyclic amines) is 1. The Bertz CT molecular complexity index is 1990. The Morgan fingerprint density at radius 1 is 0.833 bits per heavy atom. The number of nitrogens with zero attached hydrogens (tertiary/aromatic N) is 3. The third-order valence-electron chi connectivity index (χ3n) is 9.16. The zero-order chi connectivity index (χ0) is 39.3. The molecule has 3 aromatic rings. The lowest BCUT2D eigenvalue weighted by molar-refractivity contribution is -0.139. The zero-order valence-corrected chi connectivity index (χ0v) is 35.5. The van der Waals surface area contributed by atoms with Crippen LogP contribution in [0.15, 0.2) is 33.2 Å². The van der Waals surface area contributed by atoms with Crippen LogP contribution in [0.5, 0.6) is 11.5 Å². The SMILES string of the molecule is CC(C)(C)OC(=O)N1CCC(=O)C(C(=O)C2Cc3cc(Cl)cc(Br)c3O2)C1.CC(C)(C)OC(=O)N1CCc2[nH]nc(C3Cc4cc(Cl)cc(Br)c4O3)c2C1. The predicted octanol–water partition coefficient (Wildman–Crippen LogP) is 8.60. The van der Waals surface area contributed by atoms with Gasteiger partial charge in [-0.1, -0.05) is 23.2 Å². The van der Waals surface area contributed by atoms with E-state index in [4.69, 9.17) is 42.1 Å². The molecule has 1 N–H and O–H groups in total. The van der Waals surface area contributed by atoms with E-state index in [-0.39, 0.29) is 43.3 Å². The van der Waals surface area contributed by atoms with Gasteiger partial charge in [0.25, 0.3) is 0 Å². The van der Waals surface area contributed by atoms with Crippen molar-refractivity contribution in [2.45, 2.75) is 97.2 Å². The van der Waals surface area contributed by atoms with E-state index in [0.29, 0.717) is 46.2 Å². The molecule has 54 heavy (non-hydrogen) atoms. The number of rotatable bonds is 3. The molecule has 0 spiro atoms. The monoisotopic (exact) mass is 910 g/mol. The number of carbonyl (C=O) groups excluding carboxylic acids is 4. The van der Waals surface area contributed by atoms with Crippen LogP contribution in [0.25, 0.3) is 0 Å². The van der Waals surface area contributed by atoms with E-state index in [2.05, 4.69) is 42.1 Å². The van der Waals surface area contributed by atoms with E-state index in [1.165, 1.54) is 4.90 Å². The summed E-state index contributed by atoms with van der Waals surface area (Å²) in [6.07, 6.45) is 0.114. The van der Waals surface area contributed by atoms with Crippen LogP contribution in [0.3, 0.4) is 0 Å². The summed E-state index contributed by atoms with van der Waals surface area (Å²) in [5, 5.41) is 8.84. The van der Waals surface area contributed by atoms with Crippen molar-refractivity contribution in [2.75, 3.05) is 19.6 Å². The molecule has 1 saturated heterocycles. The largest absolute Gasteiger partial charge is 0.482 e. The van der Waals surface area contributed by atoms with E-state index in [0.717, 1.165) is 44.7 Å². The van der Waals surface area contributed by atoms with E-state index in [1.54, 1.807) is 37.8 Å². The first-order chi connectivity index (χ1) is 25.3. The number of benzene rings is 2. The molecule has 0 saturated carbocycles. The third kappa shape index (κ3) is 9.20. The van der Waals surface area contributed by atoms with Gasteiger partial charge in [-0.15, -0.1) is 0 Å². The van der Waals surface area contributed by atoms with Crippen molar-refractivity contribution in [1.29, 1.82) is 0 Å². The Morgan fingerprint density at radius 3 is 2.00 bits per heavy atom. The Kier molecular flexibility index (Phi) is 11.7. The Morgan fingerprint density at radius 2 is 1.39 bits per heavy atom. The van der Waals surface area contributed by atoms with Crippen molar-refractivity contribution in [3.63, 3.8) is 0 Å². The maximum absolute atomic E-state index is 13.0. The minimum Gasteiger partial charge on any atom is -0.482 e. The van der Waals surface area contributed by atoms with Crippen LogP contribution in [-0.4, -0.2) is 80.7 Å². The number of carbonyl (C=O) groups is 4. The number of aromatic amines is 1. The first-order valence-corrected chi connectivity index (χ1v) is 20.0. The smallest absolute Gasteiger partial charge is 0.410 e. The van der Waals surface area contributed by atoms with E-state index in [9.17, 15) is 19.2 Å². The van der Waals surface area contributed by atoms with Gasteiger partial charge < -0.3 is 28.7 Å². The standard InChI is InChI=1S/C19H21BrClN3O3.C19H21BrClNO5/c1-19(2,3)27-18(25)24-5-4-14-12(9-24)16(23-22-14)15-7-10-6-11(21)8-13(20)17(10)26-15;1-19(2,3)27-18(25)22-5-4-14(23)12(9-22)16(24)15-7-10-6-11(21)8-13(20)17(10)26-15/h6,8,15H,4-5,7,9H2,1-3H3,(H,22,23);6,8,12,15H,4-5,7,9H2,1-3H3. The summed E-state index contributed by atoms with van der Waals surface area (Å²) >= 11 is 19.1. The summed E-state index contributed by atoms with van der Waals surface area (Å²) in [5.74, 6) is -0.00487. The number of Topliss-reactive ketones (excluding diaryl/α,β-unsaturated/α-hetero) is 2. The lowest BCUT2D eigenvalue weighted by atomic mass is 9.88. The van der Waals surface area contributed by atoms with Gasteiger partial charge in [0.05, 0.1) is 21.4 Å². The molecule has 1 fully saturated rings. The molecule has 2 aromatic carbocycles. The van der Waals surface area contributed by atoms with Gasteiger partial charge in [-0.05, 0) is 97.7 Å². The fourth-order valence-electron chi connectivity index (χ4n) is 6.74. The third-order valence-corrected chi connectivity index (χ3v) is 10.8. The minimum atomic E-state index is -0.903. The summed E-state index contributed by atoms with van der Waals surface area (Å²) in [5.41, 5.74) is 3.64. The molecule has 3 unspecified atom stereocenters. The van der Waals surface area contributed by atoms with Crippen molar-refractivity contribution in [2.24, 2.45) is 5.92 Å². The molecule has 4 aliphatic rings. The number of fused-ring (bicyclic) bond motifs is 3. The van der Waals surface area contributed by atoms with Crippen molar-refractivity contribution in [3.05, 3.63) is 71.3 Å². The number of amides is 2. The number of H-pyrrole nitrogens is 1. The molecule has 1 aromatic heterocycles. The fraction of sp³-hybridized carbons (Fsp3) is 0.500. The second-order valence-electron chi connectivity index (χ2n) is 15.7. The highest BCUT2D eigenvalue weighted by Gasteiger charge is 2.42. The molecule has 5 heterocycles. The number of ketones is 2. The highest BCUT2D eigenvalue weighted by atomic mass is 79.9. The van der Waals surface area contributed by atoms with Gasteiger partial charge in [0.15, 0.2) is 11.9 Å². The highest BCUT2D eigenvalue weighted by molar-refractivity contribution is 9.11. The Hall–Kier alpha value is -3.33. The van der Waals surface area contributed by atoms with Gasteiger partial charge in [-0.2, -0.15) is 5.10 Å². The molecular weight excluding hydrogens is 871 g/mol. The summed E-state index contributed by atoms with van der Waals surface area (Å²) in [7, 11) is 0. The summed E-state index contributed by atoms with van der Waals surface area (Å²) in [6, 6.07) is 7.20. The van der Waals surface area contributed by atoms with Crippen LogP contribution in [0.2, 0.25) is 10.0 Å². The van der Waals surface area contributed by atoms with Crippen molar-refractivity contribution >= 4 is 78.8 Å². The maximum atomic E-state index is 13.0. The number of aromatic nitrogens is 2. The molecule has 4 aliphatic heterocycles. The van der Waals surface area contributed by atoms with Gasteiger partial charge in [0, 0.05) is 77.7 Å². The normalized spacial score (nSPS) is 20.5. The van der Waals surface area contributed by atoms with Gasteiger partial charge in [-0.3, -0.25) is 14.7 Å². The van der Waals surface area contributed by atoms with Crippen molar-refractivity contribution in [1.82, 2.24) is 20.0 Å². The highest BCUT2D eigenvalue weighted by Crippen LogP contribution is 2.44. The molecular formula is C38H42Br2Cl2N4O8. The number of hydrogen-bond donors (Lipinski definition) is 1. The summed E-state index contributed by atoms with van der Waals surface area (Å²) in [4.78, 5) is 53.2. The van der Waals surface area contributed by atoms with Crippen LogP contribution in [-0.2, 0) is 44.9 Å². The second-order valence-corrected chi connectivity index (χ2v) is 18.3. The Labute approximate surface area is 340 Å². The number of hydrogen-bond acceptors (Lipinski definition) is 9. The molecule has 2 amide bonds. The van der Waals surface area contributed by atoms with Crippen molar-refractivity contribution in [3.8, 4) is 11.5 Å². The molecule has 12 nitrogen and oxygen atoms in total. The average Bonchev–Trinajstić information content (AvgIpc) is 3.80. The number of ether oxygens (including phenoxy) is 4. The van der Waals surface area contributed by atoms with Crippen LogP contribution in [0, 0.1) is 5.92 Å².